The Morgan fingerprint density at radius 1 is 1.00 bits per heavy atom. The fraction of sp³-hybridized carbons (Fsp3) is 0.476. The zero-order valence-corrected chi connectivity index (χ0v) is 18.3. The van der Waals surface area contributed by atoms with Gasteiger partial charge >= 0.3 is 5.69 Å². The summed E-state index contributed by atoms with van der Waals surface area (Å²) < 4.78 is 7.59. The van der Waals surface area contributed by atoms with Crippen LogP contribution in [0.3, 0.4) is 0 Å². The second-order valence-corrected chi connectivity index (χ2v) is 7.61. The largest absolute Gasteiger partial charge is 0.361 e. The molecule has 0 saturated heterocycles. The molecule has 1 N–H and O–H groups in total. The van der Waals surface area contributed by atoms with Gasteiger partial charge in [-0.2, -0.15) is 0 Å². The molecule has 9 heteroatoms. The summed E-state index contributed by atoms with van der Waals surface area (Å²) in [6, 6.07) is 0. The van der Waals surface area contributed by atoms with Gasteiger partial charge in [-0.25, -0.2) is 9.78 Å². The Kier molecular flexibility index (Phi) is 5.91. The summed E-state index contributed by atoms with van der Waals surface area (Å²) in [7, 11) is 3.05. The van der Waals surface area contributed by atoms with E-state index in [1.54, 1.807) is 7.05 Å². The number of hydrogen-bond acceptors (Lipinski definition) is 6. The molecule has 0 aliphatic rings. The second-order valence-electron chi connectivity index (χ2n) is 7.61. The molecule has 3 heterocycles. The number of carbonyl (C=O) groups is 1. The van der Waals surface area contributed by atoms with Crippen LogP contribution in [0.4, 0.5) is 0 Å². The van der Waals surface area contributed by atoms with Gasteiger partial charge < -0.3 is 9.84 Å². The molecular weight excluding hydrogens is 386 g/mol. The molecule has 0 aliphatic heterocycles. The molecule has 3 rings (SSSR count). The van der Waals surface area contributed by atoms with Crippen LogP contribution in [-0.2, 0) is 31.7 Å². The molecular formula is C21H27N5O4. The number of nitrogens with zero attached hydrogens (tertiary/aromatic N) is 4. The molecule has 3 aromatic heterocycles. The van der Waals surface area contributed by atoms with E-state index < -0.39 is 5.69 Å². The lowest BCUT2D eigenvalue weighted by molar-refractivity contribution is -0.121. The van der Waals surface area contributed by atoms with Gasteiger partial charge in [-0.05, 0) is 51.7 Å². The van der Waals surface area contributed by atoms with Crippen LogP contribution < -0.4 is 16.6 Å². The molecule has 9 nitrogen and oxygen atoms in total. The molecule has 0 aromatic carbocycles. The maximum Gasteiger partial charge on any atom is 0.332 e. The quantitative estimate of drug-likeness (QED) is 0.649. The number of nitrogens with one attached hydrogen (secondary N) is 1. The summed E-state index contributed by atoms with van der Waals surface area (Å²) in [5.74, 6) is 0.695. The van der Waals surface area contributed by atoms with Gasteiger partial charge in [0.25, 0.3) is 5.56 Å². The number of aryl methyl sites for hydroxylation is 5. The third-order valence-electron chi connectivity index (χ3n) is 5.65. The highest BCUT2D eigenvalue weighted by molar-refractivity contribution is 5.80. The van der Waals surface area contributed by atoms with Crippen molar-refractivity contribution in [1.29, 1.82) is 0 Å². The Morgan fingerprint density at radius 2 is 1.70 bits per heavy atom. The van der Waals surface area contributed by atoms with E-state index in [-0.39, 0.29) is 17.9 Å². The Hall–Kier alpha value is -3.23. The van der Waals surface area contributed by atoms with Crippen molar-refractivity contribution in [3.8, 4) is 0 Å². The zero-order chi connectivity index (χ0) is 22.2. The van der Waals surface area contributed by atoms with Crippen LogP contribution in [0.5, 0.6) is 0 Å². The number of fused-ring (bicyclic) bond motifs is 1. The van der Waals surface area contributed by atoms with Crippen molar-refractivity contribution in [2.45, 2.75) is 47.0 Å². The Bertz CT molecular complexity index is 1230. The fourth-order valence-electron chi connectivity index (χ4n) is 3.82. The highest BCUT2D eigenvalue weighted by atomic mass is 16.5. The molecule has 0 radical (unpaired) electrons. The molecule has 0 saturated carbocycles. The summed E-state index contributed by atoms with van der Waals surface area (Å²) in [5, 5.41) is 7.25. The van der Waals surface area contributed by atoms with Gasteiger partial charge in [0, 0.05) is 38.3 Å². The minimum atomic E-state index is -0.413. The van der Waals surface area contributed by atoms with E-state index in [0.29, 0.717) is 36.1 Å². The number of rotatable bonds is 6. The lowest BCUT2D eigenvalue weighted by Gasteiger charge is -2.14. The molecule has 0 fully saturated rings. The number of pyridine rings is 1. The fourth-order valence-corrected chi connectivity index (χ4v) is 3.82. The van der Waals surface area contributed by atoms with E-state index in [9.17, 15) is 14.4 Å². The Balaban J connectivity index is 1.75. The van der Waals surface area contributed by atoms with E-state index in [0.717, 1.165) is 32.7 Å². The average molecular weight is 413 g/mol. The summed E-state index contributed by atoms with van der Waals surface area (Å²) in [6.07, 6.45) is 1.40. The van der Waals surface area contributed by atoms with E-state index in [2.05, 4.69) is 15.5 Å². The number of aromatic nitrogens is 4. The third-order valence-corrected chi connectivity index (χ3v) is 5.65. The van der Waals surface area contributed by atoms with Crippen LogP contribution in [0, 0.1) is 27.7 Å². The topological polar surface area (TPSA) is 112 Å². The summed E-state index contributed by atoms with van der Waals surface area (Å²) in [4.78, 5) is 41.7. The van der Waals surface area contributed by atoms with Gasteiger partial charge in [0.1, 0.15) is 11.4 Å². The van der Waals surface area contributed by atoms with Gasteiger partial charge in [0.05, 0.1) is 11.1 Å². The SMILES string of the molecule is Cc1noc(C)c1CCNC(=O)CCc1c(C)nc2c(c1C)c(=O)n(C)c(=O)n2C. The van der Waals surface area contributed by atoms with Crippen molar-refractivity contribution < 1.29 is 9.32 Å². The minimum Gasteiger partial charge on any atom is -0.361 e. The van der Waals surface area contributed by atoms with E-state index in [1.807, 2.05) is 27.7 Å². The van der Waals surface area contributed by atoms with Crippen LogP contribution in [0.25, 0.3) is 11.0 Å². The maximum absolute atomic E-state index is 12.7. The Morgan fingerprint density at radius 3 is 2.33 bits per heavy atom. The molecule has 0 atom stereocenters. The lowest BCUT2D eigenvalue weighted by atomic mass is 10.00. The van der Waals surface area contributed by atoms with Crippen molar-refractivity contribution >= 4 is 16.9 Å². The first kappa shape index (κ1) is 21.5. The monoisotopic (exact) mass is 413 g/mol. The van der Waals surface area contributed by atoms with E-state index in [4.69, 9.17) is 4.52 Å². The predicted molar refractivity (Wildman–Crippen MR) is 113 cm³/mol. The van der Waals surface area contributed by atoms with Gasteiger partial charge in [0.2, 0.25) is 5.91 Å². The van der Waals surface area contributed by atoms with Gasteiger partial charge in [-0.1, -0.05) is 5.16 Å². The van der Waals surface area contributed by atoms with Crippen molar-refractivity contribution in [1.82, 2.24) is 24.6 Å². The number of amides is 1. The third kappa shape index (κ3) is 3.79. The average Bonchev–Trinajstić information content (AvgIpc) is 3.02. The van der Waals surface area contributed by atoms with Crippen molar-refractivity contribution in [3.05, 3.63) is 54.7 Å². The van der Waals surface area contributed by atoms with Crippen LogP contribution in [-0.4, -0.2) is 31.7 Å². The molecule has 3 aromatic rings. The predicted octanol–water partition coefficient (Wildman–Crippen LogP) is 1.15. The molecule has 0 unspecified atom stereocenters. The standard InChI is InChI=1S/C21H27N5O4/c1-11-15(7-8-17(27)22-10-9-16-13(3)24-30-14(16)4)12(2)23-19-18(11)20(28)26(6)21(29)25(19)5/h7-10H2,1-6H3,(H,22,27). The van der Waals surface area contributed by atoms with Gasteiger partial charge in [-0.15, -0.1) is 0 Å². The van der Waals surface area contributed by atoms with E-state index >= 15 is 0 Å². The van der Waals surface area contributed by atoms with Crippen LogP contribution >= 0.6 is 0 Å². The van der Waals surface area contributed by atoms with Crippen LogP contribution in [0.15, 0.2) is 14.1 Å². The van der Waals surface area contributed by atoms with Gasteiger partial charge in [-0.3, -0.25) is 18.7 Å². The van der Waals surface area contributed by atoms with E-state index in [1.165, 1.54) is 11.6 Å². The molecule has 1 amide bonds. The highest BCUT2D eigenvalue weighted by Gasteiger charge is 2.17. The summed E-state index contributed by atoms with van der Waals surface area (Å²) in [5.41, 5.74) is 3.77. The first-order valence-corrected chi connectivity index (χ1v) is 9.87. The van der Waals surface area contributed by atoms with Crippen molar-refractivity contribution in [2.75, 3.05) is 6.54 Å². The lowest BCUT2D eigenvalue weighted by Crippen LogP contribution is -2.38. The van der Waals surface area contributed by atoms with Crippen LogP contribution in [0.2, 0.25) is 0 Å². The summed E-state index contributed by atoms with van der Waals surface area (Å²) in [6.45, 7) is 7.91. The first-order chi connectivity index (χ1) is 14.1. The Labute approximate surface area is 173 Å². The molecule has 30 heavy (non-hydrogen) atoms. The van der Waals surface area contributed by atoms with Crippen molar-refractivity contribution in [3.63, 3.8) is 0 Å². The van der Waals surface area contributed by atoms with Crippen molar-refractivity contribution in [2.24, 2.45) is 14.1 Å². The molecule has 160 valence electrons. The molecule has 0 aliphatic carbocycles. The smallest absolute Gasteiger partial charge is 0.332 e. The van der Waals surface area contributed by atoms with Gasteiger partial charge in [0.15, 0.2) is 0 Å². The normalized spacial score (nSPS) is 11.3. The zero-order valence-electron chi connectivity index (χ0n) is 18.3. The highest BCUT2D eigenvalue weighted by Crippen LogP contribution is 2.20. The second kappa shape index (κ2) is 8.25. The van der Waals surface area contributed by atoms with Crippen LogP contribution in [0.1, 0.15) is 40.3 Å². The first-order valence-electron chi connectivity index (χ1n) is 9.87. The number of hydrogen-bond donors (Lipinski definition) is 1. The maximum atomic E-state index is 12.7. The summed E-state index contributed by atoms with van der Waals surface area (Å²) >= 11 is 0. The molecule has 0 bridgehead atoms. The minimum absolute atomic E-state index is 0.0750. The number of carbonyl (C=O) groups excluding carboxylic acids is 1. The molecule has 0 spiro atoms.